The van der Waals surface area contributed by atoms with Gasteiger partial charge in [-0.25, -0.2) is 0 Å². The quantitative estimate of drug-likeness (QED) is 0.521. The molecule has 3 heteroatoms. The number of hydrogen-bond donors (Lipinski definition) is 0. The van der Waals surface area contributed by atoms with E-state index in [4.69, 9.17) is 0 Å². The molecule has 1 rings (SSSR count). The molecule has 1 aliphatic rings. The van der Waals surface area contributed by atoms with Crippen LogP contribution in [0, 0.1) is 12.3 Å². The molecule has 0 atom stereocenters. The fourth-order valence-corrected chi connectivity index (χ4v) is 0.874. The Morgan fingerprint density at radius 1 is 1.22 bits per heavy atom. The van der Waals surface area contributed by atoms with Gasteiger partial charge < -0.3 is 0 Å². The van der Waals surface area contributed by atoms with E-state index in [0.717, 1.165) is 19.3 Å². The normalized spacial score (nSPS) is 21.7. The van der Waals surface area contributed by atoms with Gasteiger partial charge in [-0.05, 0) is 18.8 Å². The lowest BCUT2D eigenvalue weighted by molar-refractivity contribution is -0.107. The molecule has 0 aromatic rings. The molecule has 1 radical (unpaired) electrons. The highest BCUT2D eigenvalue weighted by Gasteiger charge is 2.34. The Bertz CT molecular complexity index is 91.0. The van der Waals surface area contributed by atoms with E-state index >= 15 is 0 Å². The Morgan fingerprint density at radius 3 is 1.89 bits per heavy atom. The van der Waals surface area contributed by atoms with Gasteiger partial charge in [0, 0.05) is 0 Å². The van der Waals surface area contributed by atoms with Crippen LogP contribution < -0.4 is 0 Å². The van der Waals surface area contributed by atoms with Gasteiger partial charge in [0.15, 0.2) is 0 Å². The van der Waals surface area contributed by atoms with Crippen LogP contribution in [0.3, 0.4) is 0 Å². The molecule has 0 aliphatic heterocycles. The number of alkyl halides is 3. The third-order valence-electron chi connectivity index (χ3n) is 1.57. The zero-order valence-corrected chi connectivity index (χ0v) is 4.91. The van der Waals surface area contributed by atoms with E-state index in [1.807, 2.05) is 0 Å². The second-order valence-corrected chi connectivity index (χ2v) is 2.40. The van der Waals surface area contributed by atoms with Crippen molar-refractivity contribution >= 4 is 0 Å². The van der Waals surface area contributed by atoms with Crippen LogP contribution in [0.25, 0.3) is 0 Å². The van der Waals surface area contributed by atoms with Crippen molar-refractivity contribution in [2.75, 3.05) is 0 Å². The smallest absolute Gasteiger partial charge is 0.171 e. The van der Waals surface area contributed by atoms with Gasteiger partial charge in [-0.15, -0.1) is 0 Å². The molecule has 9 heavy (non-hydrogen) atoms. The SMILES string of the molecule is FC(F)(F)[CH]C1CCC1. The molecule has 0 unspecified atom stereocenters. The van der Waals surface area contributed by atoms with Gasteiger partial charge >= 0.3 is 6.18 Å². The molecular formula is C6H8F3. The van der Waals surface area contributed by atoms with Crippen LogP contribution >= 0.6 is 0 Å². The van der Waals surface area contributed by atoms with Crippen molar-refractivity contribution in [3.8, 4) is 0 Å². The highest BCUT2D eigenvalue weighted by molar-refractivity contribution is 4.88. The van der Waals surface area contributed by atoms with Gasteiger partial charge in [0.25, 0.3) is 0 Å². The monoisotopic (exact) mass is 137 g/mol. The van der Waals surface area contributed by atoms with Crippen molar-refractivity contribution in [3.63, 3.8) is 0 Å². The summed E-state index contributed by atoms with van der Waals surface area (Å²) in [5.41, 5.74) is 0. The van der Waals surface area contributed by atoms with Gasteiger partial charge in [0.05, 0.1) is 6.42 Å². The minimum atomic E-state index is -4.05. The van der Waals surface area contributed by atoms with Gasteiger partial charge in [-0.2, -0.15) is 13.2 Å². The zero-order valence-electron chi connectivity index (χ0n) is 4.91. The van der Waals surface area contributed by atoms with Gasteiger partial charge in [-0.1, -0.05) is 6.42 Å². The molecule has 0 aromatic carbocycles. The Hall–Kier alpha value is -0.210. The average molecular weight is 137 g/mol. The molecule has 1 aliphatic carbocycles. The summed E-state index contributed by atoms with van der Waals surface area (Å²) < 4.78 is 34.4. The maximum absolute atomic E-state index is 11.5. The molecule has 0 amide bonds. The van der Waals surface area contributed by atoms with Crippen LogP contribution in [0.4, 0.5) is 13.2 Å². The van der Waals surface area contributed by atoms with Gasteiger partial charge in [-0.3, -0.25) is 0 Å². The Kier molecular flexibility index (Phi) is 1.68. The highest BCUT2D eigenvalue weighted by Crippen LogP contribution is 2.35. The minimum Gasteiger partial charge on any atom is -0.171 e. The molecule has 1 saturated carbocycles. The molecule has 1 fully saturated rings. The van der Waals surface area contributed by atoms with Crippen LogP contribution in [-0.4, -0.2) is 6.18 Å². The molecule has 0 aromatic heterocycles. The lowest BCUT2D eigenvalue weighted by Crippen LogP contribution is -2.21. The van der Waals surface area contributed by atoms with E-state index in [0.29, 0.717) is 6.42 Å². The van der Waals surface area contributed by atoms with E-state index in [2.05, 4.69) is 0 Å². The molecular weight excluding hydrogens is 129 g/mol. The summed E-state index contributed by atoms with van der Waals surface area (Å²) in [4.78, 5) is 0. The first-order valence-electron chi connectivity index (χ1n) is 3.01. The maximum Gasteiger partial charge on any atom is 0.392 e. The van der Waals surface area contributed by atoms with Crippen molar-refractivity contribution in [2.45, 2.75) is 25.4 Å². The van der Waals surface area contributed by atoms with Gasteiger partial charge in [0.1, 0.15) is 0 Å². The van der Waals surface area contributed by atoms with Crippen LogP contribution in [0.2, 0.25) is 0 Å². The van der Waals surface area contributed by atoms with Crippen molar-refractivity contribution in [1.29, 1.82) is 0 Å². The first-order valence-corrected chi connectivity index (χ1v) is 3.01. The second kappa shape index (κ2) is 2.20. The Balaban J connectivity index is 2.16. The standard InChI is InChI=1S/C6H8F3/c7-6(8,9)4-5-2-1-3-5/h4-5H,1-3H2. The summed E-state index contributed by atoms with van der Waals surface area (Å²) in [5, 5.41) is 0. The van der Waals surface area contributed by atoms with Crippen molar-refractivity contribution in [3.05, 3.63) is 6.42 Å². The number of halogens is 3. The van der Waals surface area contributed by atoms with E-state index in [9.17, 15) is 13.2 Å². The van der Waals surface area contributed by atoms with Crippen LogP contribution in [-0.2, 0) is 0 Å². The summed E-state index contributed by atoms with van der Waals surface area (Å²) in [6.07, 6.45) is -1.15. The predicted molar refractivity (Wildman–Crippen MR) is 27.7 cm³/mol. The van der Waals surface area contributed by atoms with Crippen molar-refractivity contribution in [2.24, 2.45) is 5.92 Å². The fourth-order valence-electron chi connectivity index (χ4n) is 0.874. The van der Waals surface area contributed by atoms with Crippen LogP contribution in [0.15, 0.2) is 0 Å². The predicted octanol–water partition coefficient (Wildman–Crippen LogP) is 2.55. The fraction of sp³-hybridized carbons (Fsp3) is 0.833. The van der Waals surface area contributed by atoms with E-state index in [-0.39, 0.29) is 5.92 Å². The molecule has 0 N–H and O–H groups in total. The molecule has 0 heterocycles. The van der Waals surface area contributed by atoms with Gasteiger partial charge in [0.2, 0.25) is 0 Å². The van der Waals surface area contributed by atoms with Crippen molar-refractivity contribution < 1.29 is 13.2 Å². The Labute approximate surface area is 52.1 Å². The number of rotatable bonds is 1. The average Bonchev–Trinajstić information content (AvgIpc) is 1.53. The summed E-state index contributed by atoms with van der Waals surface area (Å²) in [6.45, 7) is 0. The summed E-state index contributed by atoms with van der Waals surface area (Å²) in [6, 6.07) is 0. The van der Waals surface area contributed by atoms with E-state index in [1.165, 1.54) is 0 Å². The van der Waals surface area contributed by atoms with Crippen LogP contribution in [0.1, 0.15) is 19.3 Å². The lowest BCUT2D eigenvalue weighted by Gasteiger charge is -2.25. The summed E-state index contributed by atoms with van der Waals surface area (Å²) in [7, 11) is 0. The second-order valence-electron chi connectivity index (χ2n) is 2.40. The van der Waals surface area contributed by atoms with E-state index < -0.39 is 6.18 Å². The zero-order chi connectivity index (χ0) is 6.91. The van der Waals surface area contributed by atoms with E-state index in [1.54, 1.807) is 0 Å². The number of hydrogen-bond acceptors (Lipinski definition) is 0. The van der Waals surface area contributed by atoms with Crippen molar-refractivity contribution in [1.82, 2.24) is 0 Å². The molecule has 53 valence electrons. The highest BCUT2D eigenvalue weighted by atomic mass is 19.4. The molecule has 0 nitrogen and oxygen atoms in total. The maximum atomic E-state index is 11.5. The first-order chi connectivity index (χ1) is 4.08. The summed E-state index contributed by atoms with van der Waals surface area (Å²) in [5.74, 6) is -0.176. The first kappa shape index (κ1) is 6.90. The topological polar surface area (TPSA) is 0 Å². The molecule has 0 saturated heterocycles. The van der Waals surface area contributed by atoms with Crippen LogP contribution in [0.5, 0.6) is 0 Å². The lowest BCUT2D eigenvalue weighted by atomic mass is 9.83. The largest absolute Gasteiger partial charge is 0.392 e. The Morgan fingerprint density at radius 2 is 1.78 bits per heavy atom. The molecule has 0 bridgehead atoms. The molecule has 0 spiro atoms. The third kappa shape index (κ3) is 2.24. The third-order valence-corrected chi connectivity index (χ3v) is 1.57. The minimum absolute atomic E-state index is 0.176. The summed E-state index contributed by atoms with van der Waals surface area (Å²) >= 11 is 0.